The highest BCUT2D eigenvalue weighted by Crippen LogP contribution is 2.39. The van der Waals surface area contributed by atoms with Gasteiger partial charge in [-0.15, -0.1) is 0 Å². The zero-order valence-corrected chi connectivity index (χ0v) is 22.1. The van der Waals surface area contributed by atoms with Crippen LogP contribution in [0.4, 0.5) is 17.2 Å². The Morgan fingerprint density at radius 3 is 2.85 bits per heavy atom. The number of nitrogens with one attached hydrogen (secondary N) is 1. The van der Waals surface area contributed by atoms with Gasteiger partial charge in [-0.2, -0.15) is 0 Å². The minimum absolute atomic E-state index is 0.0674. The van der Waals surface area contributed by atoms with Crippen molar-refractivity contribution in [1.82, 2.24) is 14.9 Å². The molecule has 2 saturated heterocycles. The number of piperidine rings is 1. The maximum atomic E-state index is 13.0. The van der Waals surface area contributed by atoms with E-state index >= 15 is 0 Å². The third-order valence-corrected chi connectivity index (χ3v) is 7.90. The molecule has 9 nitrogen and oxygen atoms in total. The highest BCUT2D eigenvalue weighted by molar-refractivity contribution is 6.04. The van der Waals surface area contributed by atoms with Gasteiger partial charge in [0.15, 0.2) is 0 Å². The molecule has 1 aromatic heterocycles. The molecule has 3 aromatic rings. The van der Waals surface area contributed by atoms with Gasteiger partial charge in [-0.1, -0.05) is 24.3 Å². The second-order valence-electron chi connectivity index (χ2n) is 10.5. The molecule has 6 rings (SSSR count). The Labute approximate surface area is 228 Å². The predicted molar refractivity (Wildman–Crippen MR) is 151 cm³/mol. The van der Waals surface area contributed by atoms with Crippen molar-refractivity contribution >= 4 is 34.0 Å². The lowest BCUT2D eigenvalue weighted by Gasteiger charge is -2.30. The number of carbonyl (C=O) groups is 1. The van der Waals surface area contributed by atoms with Gasteiger partial charge in [0.05, 0.1) is 24.4 Å². The van der Waals surface area contributed by atoms with E-state index in [-0.39, 0.29) is 18.6 Å². The van der Waals surface area contributed by atoms with E-state index in [0.717, 1.165) is 67.7 Å². The number of rotatable bonds is 8. The number of likely N-dealkylation sites (tertiary alicyclic amines) is 1. The van der Waals surface area contributed by atoms with E-state index in [1.54, 1.807) is 12.4 Å². The number of hydrogen-bond acceptors (Lipinski definition) is 8. The van der Waals surface area contributed by atoms with Crippen molar-refractivity contribution in [2.24, 2.45) is 5.92 Å². The zero-order chi connectivity index (χ0) is 26.6. The monoisotopic (exact) mass is 529 g/mol. The minimum Gasteiger partial charge on any atom is -0.486 e. The number of benzene rings is 2. The third-order valence-electron chi connectivity index (χ3n) is 7.90. The van der Waals surface area contributed by atoms with Crippen molar-refractivity contribution in [3.8, 4) is 5.75 Å². The summed E-state index contributed by atoms with van der Waals surface area (Å²) in [5.74, 6) is 1.58. The van der Waals surface area contributed by atoms with Gasteiger partial charge in [-0.05, 0) is 56.0 Å². The SMILES string of the molecule is O=C(/C=C/CN1CCC(CO)CC1)Nc1cc2c(N3CCc4ccccc43)ncnc2cc1O[C@@H]1CCOC1. The second kappa shape index (κ2) is 11.7. The first-order valence-electron chi connectivity index (χ1n) is 13.9. The van der Waals surface area contributed by atoms with E-state index in [2.05, 4.69) is 43.3 Å². The molecule has 2 aromatic carbocycles. The van der Waals surface area contributed by atoms with Gasteiger partial charge in [-0.3, -0.25) is 9.69 Å². The number of anilines is 3. The summed E-state index contributed by atoms with van der Waals surface area (Å²) in [4.78, 5) is 26.7. The van der Waals surface area contributed by atoms with E-state index in [9.17, 15) is 9.90 Å². The van der Waals surface area contributed by atoms with Crippen molar-refractivity contribution < 1.29 is 19.4 Å². The van der Waals surface area contributed by atoms with Crippen molar-refractivity contribution in [3.05, 3.63) is 60.4 Å². The third kappa shape index (κ3) is 5.75. The topological polar surface area (TPSA) is 100 Å². The molecule has 0 spiro atoms. The zero-order valence-electron chi connectivity index (χ0n) is 22.1. The summed E-state index contributed by atoms with van der Waals surface area (Å²) in [6.07, 6.45) is 8.75. The number of carbonyl (C=O) groups excluding carboxylic acids is 1. The number of para-hydroxylation sites is 1. The van der Waals surface area contributed by atoms with Gasteiger partial charge in [0.2, 0.25) is 5.91 Å². The first kappa shape index (κ1) is 25.7. The summed E-state index contributed by atoms with van der Waals surface area (Å²) in [5.41, 5.74) is 3.80. The molecule has 0 saturated carbocycles. The molecule has 0 radical (unpaired) electrons. The smallest absolute Gasteiger partial charge is 0.248 e. The molecule has 204 valence electrons. The normalized spacial score (nSPS) is 20.1. The van der Waals surface area contributed by atoms with Crippen LogP contribution in [-0.4, -0.2) is 78.0 Å². The molecule has 9 heteroatoms. The van der Waals surface area contributed by atoms with Crippen LogP contribution in [0.15, 0.2) is 54.9 Å². The molecule has 1 amide bonds. The fraction of sp³-hybridized carbons (Fsp3) is 0.433. The van der Waals surface area contributed by atoms with Crippen LogP contribution in [0.1, 0.15) is 24.8 Å². The highest BCUT2D eigenvalue weighted by atomic mass is 16.5. The number of aliphatic hydroxyl groups excluding tert-OH is 1. The van der Waals surface area contributed by atoms with Crippen LogP contribution in [0.3, 0.4) is 0 Å². The Morgan fingerprint density at radius 2 is 2.03 bits per heavy atom. The molecule has 0 unspecified atom stereocenters. The molecule has 0 bridgehead atoms. The average Bonchev–Trinajstić information content (AvgIpc) is 3.64. The second-order valence-corrected chi connectivity index (χ2v) is 10.5. The van der Waals surface area contributed by atoms with E-state index in [1.165, 1.54) is 5.56 Å². The molecule has 2 fully saturated rings. The lowest BCUT2D eigenvalue weighted by molar-refractivity contribution is -0.111. The lowest BCUT2D eigenvalue weighted by Crippen LogP contribution is -2.34. The van der Waals surface area contributed by atoms with Crippen LogP contribution in [0.2, 0.25) is 0 Å². The Kier molecular flexibility index (Phi) is 7.71. The largest absolute Gasteiger partial charge is 0.486 e. The van der Waals surface area contributed by atoms with Gasteiger partial charge in [0, 0.05) is 49.3 Å². The Morgan fingerprint density at radius 1 is 1.15 bits per heavy atom. The molecule has 2 N–H and O–H groups in total. The average molecular weight is 530 g/mol. The van der Waals surface area contributed by atoms with E-state index in [1.807, 2.05) is 24.3 Å². The highest BCUT2D eigenvalue weighted by Gasteiger charge is 2.25. The maximum absolute atomic E-state index is 13.0. The van der Waals surface area contributed by atoms with Crippen LogP contribution in [0.5, 0.6) is 5.75 Å². The van der Waals surface area contributed by atoms with Crippen molar-refractivity contribution in [2.45, 2.75) is 31.8 Å². The summed E-state index contributed by atoms with van der Waals surface area (Å²) < 4.78 is 11.8. The van der Waals surface area contributed by atoms with Gasteiger partial charge in [0.1, 0.15) is 24.0 Å². The molecule has 3 aliphatic rings. The fourth-order valence-corrected chi connectivity index (χ4v) is 5.66. The summed E-state index contributed by atoms with van der Waals surface area (Å²) in [7, 11) is 0. The number of amides is 1. The molecule has 3 aliphatic heterocycles. The van der Waals surface area contributed by atoms with Crippen molar-refractivity contribution in [3.63, 3.8) is 0 Å². The van der Waals surface area contributed by atoms with Crippen molar-refractivity contribution in [1.29, 1.82) is 0 Å². The first-order valence-corrected chi connectivity index (χ1v) is 13.9. The van der Waals surface area contributed by atoms with Crippen LogP contribution >= 0.6 is 0 Å². The van der Waals surface area contributed by atoms with Crippen LogP contribution in [0.25, 0.3) is 10.9 Å². The van der Waals surface area contributed by atoms with E-state index in [0.29, 0.717) is 37.1 Å². The fourth-order valence-electron chi connectivity index (χ4n) is 5.66. The summed E-state index contributed by atoms with van der Waals surface area (Å²) in [6, 6.07) is 12.2. The van der Waals surface area contributed by atoms with Crippen molar-refractivity contribution in [2.75, 3.05) is 56.2 Å². The maximum Gasteiger partial charge on any atom is 0.248 e. The molecular formula is C30H35N5O4. The Hall–Kier alpha value is -3.53. The van der Waals surface area contributed by atoms with Gasteiger partial charge < -0.3 is 24.8 Å². The Balaban J connectivity index is 1.25. The number of aliphatic hydroxyl groups is 1. The van der Waals surface area contributed by atoms with E-state index in [4.69, 9.17) is 9.47 Å². The number of hydrogen-bond donors (Lipinski definition) is 2. The lowest BCUT2D eigenvalue weighted by atomic mass is 9.98. The molecule has 39 heavy (non-hydrogen) atoms. The number of ether oxygens (including phenoxy) is 2. The summed E-state index contributed by atoms with van der Waals surface area (Å²) in [6.45, 7) is 4.86. The quantitative estimate of drug-likeness (QED) is 0.426. The van der Waals surface area contributed by atoms with Crippen LogP contribution < -0.4 is 15.0 Å². The molecule has 4 heterocycles. The number of aromatic nitrogens is 2. The molecular weight excluding hydrogens is 494 g/mol. The number of fused-ring (bicyclic) bond motifs is 2. The summed E-state index contributed by atoms with van der Waals surface area (Å²) >= 11 is 0. The Bertz CT molecular complexity index is 1350. The first-order chi connectivity index (χ1) is 19.2. The minimum atomic E-state index is -0.211. The van der Waals surface area contributed by atoms with Gasteiger partial charge in [-0.25, -0.2) is 9.97 Å². The molecule has 0 aliphatic carbocycles. The molecule has 1 atom stereocenters. The van der Waals surface area contributed by atoms with Crippen LogP contribution in [-0.2, 0) is 16.0 Å². The van der Waals surface area contributed by atoms with Gasteiger partial charge in [0.25, 0.3) is 0 Å². The summed E-state index contributed by atoms with van der Waals surface area (Å²) in [5, 5.41) is 13.3. The van der Waals surface area contributed by atoms with Gasteiger partial charge >= 0.3 is 0 Å². The van der Waals surface area contributed by atoms with Crippen LogP contribution in [0, 0.1) is 5.92 Å². The predicted octanol–water partition coefficient (Wildman–Crippen LogP) is 3.69. The standard InChI is InChI=1S/C30H35N5O4/c36-18-21-7-12-34(13-8-21)11-3-6-29(37)33-26-16-24-25(17-28(26)39-23-10-15-38-19-23)31-20-32-30(24)35-14-9-22-4-1-2-5-27(22)35/h1-6,16-17,20-21,23,36H,7-15,18-19H2,(H,33,37)/b6-3+/t23-/m1/s1. The van der Waals surface area contributed by atoms with E-state index < -0.39 is 0 Å². The number of nitrogens with zero attached hydrogens (tertiary/aromatic N) is 4.